The fourth-order valence-corrected chi connectivity index (χ4v) is 2.05. The highest BCUT2D eigenvalue weighted by Crippen LogP contribution is 2.28. The second-order valence-corrected chi connectivity index (χ2v) is 4.81. The van der Waals surface area contributed by atoms with Crippen molar-refractivity contribution >= 4 is 0 Å². The summed E-state index contributed by atoms with van der Waals surface area (Å²) in [6, 6.07) is 8.04. The first-order valence-electron chi connectivity index (χ1n) is 6.88. The Morgan fingerprint density at radius 2 is 1.89 bits per heavy atom. The zero-order valence-electron chi connectivity index (χ0n) is 11.3. The molecule has 2 N–H and O–H groups in total. The van der Waals surface area contributed by atoms with E-state index in [0.717, 1.165) is 17.7 Å². The largest absolute Gasteiger partial charge is 0.490 e. The Morgan fingerprint density at radius 1 is 1.22 bits per heavy atom. The second kappa shape index (κ2) is 6.21. The standard InChI is InChI=1S/C15H23NO2/c1-3-14(17-4-2)15(16)11-5-7-12(8-6-11)18-13-9-10-13/h5-8,13-15H,3-4,9-10,16H2,1-2H3. The molecule has 1 aromatic rings. The first-order valence-corrected chi connectivity index (χ1v) is 6.88. The molecule has 1 fully saturated rings. The highest BCUT2D eigenvalue weighted by atomic mass is 16.5. The van der Waals surface area contributed by atoms with Crippen molar-refractivity contribution in [3.05, 3.63) is 29.8 Å². The van der Waals surface area contributed by atoms with Crippen LogP contribution in [0.2, 0.25) is 0 Å². The van der Waals surface area contributed by atoms with E-state index in [9.17, 15) is 0 Å². The van der Waals surface area contributed by atoms with Gasteiger partial charge in [-0.3, -0.25) is 0 Å². The average Bonchev–Trinajstić information content (AvgIpc) is 3.20. The predicted octanol–water partition coefficient (Wildman–Crippen LogP) is 3.04. The molecule has 0 radical (unpaired) electrons. The number of hydrogen-bond donors (Lipinski definition) is 1. The van der Waals surface area contributed by atoms with Crippen molar-refractivity contribution in [1.29, 1.82) is 0 Å². The molecular formula is C15H23NO2. The van der Waals surface area contributed by atoms with E-state index in [1.165, 1.54) is 12.8 Å². The van der Waals surface area contributed by atoms with Crippen molar-refractivity contribution < 1.29 is 9.47 Å². The van der Waals surface area contributed by atoms with Gasteiger partial charge in [-0.1, -0.05) is 19.1 Å². The maximum Gasteiger partial charge on any atom is 0.119 e. The lowest BCUT2D eigenvalue weighted by Gasteiger charge is -2.23. The molecule has 3 heteroatoms. The highest BCUT2D eigenvalue weighted by Gasteiger charge is 2.23. The van der Waals surface area contributed by atoms with Crippen LogP contribution in [0, 0.1) is 0 Å². The summed E-state index contributed by atoms with van der Waals surface area (Å²) in [7, 11) is 0. The molecule has 18 heavy (non-hydrogen) atoms. The van der Waals surface area contributed by atoms with E-state index >= 15 is 0 Å². The molecule has 0 bridgehead atoms. The molecule has 2 rings (SSSR count). The van der Waals surface area contributed by atoms with Crippen LogP contribution in [0.3, 0.4) is 0 Å². The van der Waals surface area contributed by atoms with Gasteiger partial charge in [0.25, 0.3) is 0 Å². The Balaban J connectivity index is 1.97. The average molecular weight is 249 g/mol. The van der Waals surface area contributed by atoms with Gasteiger partial charge < -0.3 is 15.2 Å². The summed E-state index contributed by atoms with van der Waals surface area (Å²) in [5.41, 5.74) is 7.34. The first kappa shape index (κ1) is 13.4. The molecule has 2 unspecified atom stereocenters. The smallest absolute Gasteiger partial charge is 0.119 e. The topological polar surface area (TPSA) is 44.5 Å². The Labute approximate surface area is 109 Å². The molecule has 0 heterocycles. The van der Waals surface area contributed by atoms with E-state index in [4.69, 9.17) is 15.2 Å². The van der Waals surface area contributed by atoms with E-state index in [2.05, 4.69) is 6.92 Å². The van der Waals surface area contributed by atoms with Crippen LogP contribution in [0.1, 0.15) is 44.7 Å². The molecular weight excluding hydrogens is 226 g/mol. The van der Waals surface area contributed by atoms with Crippen LogP contribution in [-0.4, -0.2) is 18.8 Å². The van der Waals surface area contributed by atoms with Crippen molar-refractivity contribution in [2.45, 2.75) is 51.4 Å². The Morgan fingerprint density at radius 3 is 2.39 bits per heavy atom. The Kier molecular flexibility index (Phi) is 4.61. The van der Waals surface area contributed by atoms with Gasteiger partial charge in [0.2, 0.25) is 0 Å². The number of benzene rings is 1. The van der Waals surface area contributed by atoms with Crippen LogP contribution in [0.15, 0.2) is 24.3 Å². The monoisotopic (exact) mass is 249 g/mol. The molecule has 0 aliphatic heterocycles. The molecule has 0 amide bonds. The lowest BCUT2D eigenvalue weighted by atomic mass is 10.0. The molecule has 0 saturated heterocycles. The van der Waals surface area contributed by atoms with Crippen LogP contribution < -0.4 is 10.5 Å². The summed E-state index contributed by atoms with van der Waals surface area (Å²) in [6.07, 6.45) is 3.82. The van der Waals surface area contributed by atoms with Crippen LogP contribution in [0.5, 0.6) is 5.75 Å². The first-order chi connectivity index (χ1) is 8.74. The fourth-order valence-electron chi connectivity index (χ4n) is 2.05. The zero-order chi connectivity index (χ0) is 13.0. The van der Waals surface area contributed by atoms with Crippen LogP contribution in [-0.2, 0) is 4.74 Å². The third-order valence-corrected chi connectivity index (χ3v) is 3.28. The van der Waals surface area contributed by atoms with E-state index < -0.39 is 0 Å². The van der Waals surface area contributed by atoms with Crippen molar-refractivity contribution in [2.24, 2.45) is 5.73 Å². The minimum absolute atomic E-state index is 0.0649. The Hall–Kier alpha value is -1.06. The number of nitrogens with two attached hydrogens (primary N) is 1. The van der Waals surface area contributed by atoms with Crippen LogP contribution >= 0.6 is 0 Å². The molecule has 100 valence electrons. The Bertz CT molecular complexity index is 359. The molecule has 0 spiro atoms. The molecule has 1 aliphatic rings. The van der Waals surface area contributed by atoms with Crippen molar-refractivity contribution in [3.8, 4) is 5.75 Å². The SMILES string of the molecule is CCOC(CC)C(N)c1ccc(OC2CC2)cc1. The van der Waals surface area contributed by atoms with Gasteiger partial charge in [0.05, 0.1) is 18.2 Å². The maximum absolute atomic E-state index is 6.23. The molecule has 1 aliphatic carbocycles. The lowest BCUT2D eigenvalue weighted by Crippen LogP contribution is -2.28. The molecule has 0 aromatic heterocycles. The molecule has 1 aromatic carbocycles. The zero-order valence-corrected chi connectivity index (χ0v) is 11.3. The van der Waals surface area contributed by atoms with Crippen molar-refractivity contribution in [2.75, 3.05) is 6.61 Å². The predicted molar refractivity (Wildman–Crippen MR) is 72.7 cm³/mol. The van der Waals surface area contributed by atoms with Gasteiger partial charge in [0, 0.05) is 6.61 Å². The quantitative estimate of drug-likeness (QED) is 0.807. The van der Waals surface area contributed by atoms with Gasteiger partial charge in [-0.25, -0.2) is 0 Å². The summed E-state index contributed by atoms with van der Waals surface area (Å²) < 4.78 is 11.4. The third-order valence-electron chi connectivity index (χ3n) is 3.28. The molecule has 1 saturated carbocycles. The maximum atomic E-state index is 6.23. The minimum Gasteiger partial charge on any atom is -0.490 e. The summed E-state index contributed by atoms with van der Waals surface area (Å²) >= 11 is 0. The van der Waals surface area contributed by atoms with E-state index in [-0.39, 0.29) is 12.1 Å². The number of hydrogen-bond acceptors (Lipinski definition) is 3. The summed E-state index contributed by atoms with van der Waals surface area (Å²) in [5.74, 6) is 0.943. The summed E-state index contributed by atoms with van der Waals surface area (Å²) in [5, 5.41) is 0. The fraction of sp³-hybridized carbons (Fsp3) is 0.600. The molecule has 3 nitrogen and oxygen atoms in total. The van der Waals surface area contributed by atoms with Gasteiger partial charge in [-0.15, -0.1) is 0 Å². The second-order valence-electron chi connectivity index (χ2n) is 4.81. The van der Waals surface area contributed by atoms with E-state index in [1.54, 1.807) is 0 Å². The van der Waals surface area contributed by atoms with Gasteiger partial charge >= 0.3 is 0 Å². The summed E-state index contributed by atoms with van der Waals surface area (Å²) in [4.78, 5) is 0. The van der Waals surface area contributed by atoms with Crippen molar-refractivity contribution in [1.82, 2.24) is 0 Å². The van der Waals surface area contributed by atoms with Gasteiger partial charge in [0.1, 0.15) is 5.75 Å². The number of rotatable bonds is 7. The van der Waals surface area contributed by atoms with Gasteiger partial charge in [0.15, 0.2) is 0 Å². The summed E-state index contributed by atoms with van der Waals surface area (Å²) in [6.45, 7) is 4.81. The van der Waals surface area contributed by atoms with Gasteiger partial charge in [-0.2, -0.15) is 0 Å². The van der Waals surface area contributed by atoms with E-state index in [1.807, 2.05) is 31.2 Å². The van der Waals surface area contributed by atoms with Crippen molar-refractivity contribution in [3.63, 3.8) is 0 Å². The van der Waals surface area contributed by atoms with Gasteiger partial charge in [-0.05, 0) is 43.9 Å². The normalized spacial score (nSPS) is 18.4. The van der Waals surface area contributed by atoms with Crippen LogP contribution in [0.4, 0.5) is 0 Å². The van der Waals surface area contributed by atoms with E-state index in [0.29, 0.717) is 12.7 Å². The highest BCUT2D eigenvalue weighted by molar-refractivity contribution is 5.30. The number of ether oxygens (including phenoxy) is 2. The third kappa shape index (κ3) is 3.47. The molecule has 2 atom stereocenters. The van der Waals surface area contributed by atoms with Crippen LogP contribution in [0.25, 0.3) is 0 Å². The lowest BCUT2D eigenvalue weighted by molar-refractivity contribution is 0.0413. The minimum atomic E-state index is -0.0649.